The Hall–Kier alpha value is -1.81. The molecule has 19 heavy (non-hydrogen) atoms. The maximum absolute atomic E-state index is 11.8. The molecule has 0 aromatic rings. The Balaban J connectivity index is 4.30. The third-order valence-electron chi connectivity index (χ3n) is 2.55. The summed E-state index contributed by atoms with van der Waals surface area (Å²) in [5.41, 5.74) is 0. The molecule has 2 N–H and O–H groups in total. The first-order valence-corrected chi connectivity index (χ1v) is 6.05. The zero-order chi connectivity index (χ0) is 14.8. The number of urea groups is 1. The second-order valence-electron chi connectivity index (χ2n) is 4.39. The normalized spacial score (nSPS) is 13.2. The van der Waals surface area contributed by atoms with Gasteiger partial charge in [0.15, 0.2) is 0 Å². The van der Waals surface area contributed by atoms with Crippen molar-refractivity contribution >= 4 is 12.0 Å². The summed E-state index contributed by atoms with van der Waals surface area (Å²) in [5, 5.41) is 20.1. The lowest BCUT2D eigenvalue weighted by atomic mass is 10.1. The van der Waals surface area contributed by atoms with Crippen LogP contribution in [0.2, 0.25) is 0 Å². The van der Waals surface area contributed by atoms with Crippen LogP contribution >= 0.6 is 0 Å². The maximum Gasteiger partial charge on any atom is 0.326 e. The largest absolute Gasteiger partial charge is 0.480 e. The SMILES string of the molecule is COCCCC(NC(=O)N(C)CC(C)C#N)C(=O)O. The zero-order valence-corrected chi connectivity index (χ0v) is 11.5. The standard InChI is InChI=1S/C12H21N3O4/c1-9(7-13)8-15(2)12(18)14-10(11(16)17)5-4-6-19-3/h9-10H,4-6,8H2,1-3H3,(H,14,18)(H,16,17). The molecule has 2 atom stereocenters. The van der Waals surface area contributed by atoms with Gasteiger partial charge in [0.25, 0.3) is 0 Å². The smallest absolute Gasteiger partial charge is 0.326 e. The van der Waals surface area contributed by atoms with E-state index in [4.69, 9.17) is 15.1 Å². The fourth-order valence-electron chi connectivity index (χ4n) is 1.48. The van der Waals surface area contributed by atoms with Gasteiger partial charge >= 0.3 is 12.0 Å². The molecule has 7 heteroatoms. The first kappa shape index (κ1) is 17.2. The Morgan fingerprint density at radius 1 is 1.53 bits per heavy atom. The average Bonchev–Trinajstić information content (AvgIpc) is 2.36. The number of carboxylic acids is 1. The molecule has 0 fully saturated rings. The summed E-state index contributed by atoms with van der Waals surface area (Å²) in [6.45, 7) is 2.39. The predicted octanol–water partition coefficient (Wildman–Crippen LogP) is 0.667. The van der Waals surface area contributed by atoms with Crippen LogP contribution in [-0.4, -0.2) is 55.4 Å². The van der Waals surface area contributed by atoms with E-state index in [1.165, 1.54) is 19.1 Å². The Bertz CT molecular complexity index is 340. The van der Waals surface area contributed by atoms with Crippen LogP contribution in [0, 0.1) is 17.2 Å². The van der Waals surface area contributed by atoms with Crippen molar-refractivity contribution in [1.82, 2.24) is 10.2 Å². The number of nitrogens with zero attached hydrogens (tertiary/aromatic N) is 2. The molecule has 0 aromatic heterocycles. The summed E-state index contributed by atoms with van der Waals surface area (Å²) in [4.78, 5) is 24.1. The molecule has 0 spiro atoms. The van der Waals surface area contributed by atoms with E-state index in [0.29, 0.717) is 19.4 Å². The van der Waals surface area contributed by atoms with Crippen molar-refractivity contribution in [2.75, 3.05) is 27.3 Å². The van der Waals surface area contributed by atoms with Crippen LogP contribution in [0.4, 0.5) is 4.79 Å². The fourth-order valence-corrected chi connectivity index (χ4v) is 1.48. The van der Waals surface area contributed by atoms with Crippen molar-refractivity contribution in [1.29, 1.82) is 5.26 Å². The van der Waals surface area contributed by atoms with E-state index >= 15 is 0 Å². The summed E-state index contributed by atoms with van der Waals surface area (Å²) in [7, 11) is 3.06. The van der Waals surface area contributed by atoms with Gasteiger partial charge in [0.05, 0.1) is 12.0 Å². The van der Waals surface area contributed by atoms with Gasteiger partial charge < -0.3 is 20.1 Å². The molecule has 2 unspecified atom stereocenters. The number of nitrogens with one attached hydrogen (secondary N) is 1. The lowest BCUT2D eigenvalue weighted by molar-refractivity contribution is -0.139. The first-order chi connectivity index (χ1) is 8.92. The number of methoxy groups -OCH3 is 1. The summed E-state index contributed by atoms with van der Waals surface area (Å²) < 4.78 is 4.84. The van der Waals surface area contributed by atoms with Crippen LogP contribution in [0.15, 0.2) is 0 Å². The minimum Gasteiger partial charge on any atom is -0.480 e. The molecule has 108 valence electrons. The summed E-state index contributed by atoms with van der Waals surface area (Å²) in [6.07, 6.45) is 0.850. The molecule has 2 amide bonds. The van der Waals surface area contributed by atoms with Crippen LogP contribution in [0.1, 0.15) is 19.8 Å². The van der Waals surface area contributed by atoms with Crippen molar-refractivity contribution in [3.05, 3.63) is 0 Å². The molecule has 0 saturated heterocycles. The van der Waals surface area contributed by atoms with Gasteiger partial charge in [-0.3, -0.25) is 0 Å². The van der Waals surface area contributed by atoms with Crippen LogP contribution in [0.3, 0.4) is 0 Å². The van der Waals surface area contributed by atoms with E-state index in [2.05, 4.69) is 5.32 Å². The van der Waals surface area contributed by atoms with Gasteiger partial charge in [0, 0.05) is 27.3 Å². The molecule has 0 aliphatic rings. The highest BCUT2D eigenvalue weighted by Gasteiger charge is 2.21. The van der Waals surface area contributed by atoms with Gasteiger partial charge in [-0.25, -0.2) is 9.59 Å². The number of aliphatic carboxylic acids is 1. The van der Waals surface area contributed by atoms with E-state index in [9.17, 15) is 9.59 Å². The van der Waals surface area contributed by atoms with E-state index in [1.54, 1.807) is 6.92 Å². The molecule has 0 saturated carbocycles. The van der Waals surface area contributed by atoms with Crippen molar-refractivity contribution in [3.63, 3.8) is 0 Å². The van der Waals surface area contributed by atoms with Crippen molar-refractivity contribution in [2.24, 2.45) is 5.92 Å². The highest BCUT2D eigenvalue weighted by atomic mass is 16.5. The molecule has 0 aliphatic carbocycles. The Morgan fingerprint density at radius 2 is 2.16 bits per heavy atom. The number of nitriles is 1. The zero-order valence-electron chi connectivity index (χ0n) is 11.5. The molecular weight excluding hydrogens is 250 g/mol. The molecule has 0 rings (SSSR count). The number of carbonyl (C=O) groups excluding carboxylic acids is 1. The van der Waals surface area contributed by atoms with Gasteiger partial charge in [0.2, 0.25) is 0 Å². The fraction of sp³-hybridized carbons (Fsp3) is 0.750. The third-order valence-corrected chi connectivity index (χ3v) is 2.55. The van der Waals surface area contributed by atoms with Gasteiger partial charge in [-0.1, -0.05) is 0 Å². The van der Waals surface area contributed by atoms with Gasteiger partial charge in [-0.15, -0.1) is 0 Å². The van der Waals surface area contributed by atoms with E-state index in [-0.39, 0.29) is 12.5 Å². The molecule has 7 nitrogen and oxygen atoms in total. The summed E-state index contributed by atoms with van der Waals surface area (Å²) >= 11 is 0. The highest BCUT2D eigenvalue weighted by Crippen LogP contribution is 2.01. The minimum atomic E-state index is -1.08. The van der Waals surface area contributed by atoms with Crippen LogP contribution in [0.25, 0.3) is 0 Å². The molecule has 0 radical (unpaired) electrons. The topological polar surface area (TPSA) is 103 Å². The van der Waals surface area contributed by atoms with Gasteiger partial charge in [-0.05, 0) is 19.8 Å². The van der Waals surface area contributed by atoms with Crippen molar-refractivity contribution in [3.8, 4) is 6.07 Å². The van der Waals surface area contributed by atoms with Crippen LogP contribution < -0.4 is 5.32 Å². The first-order valence-electron chi connectivity index (χ1n) is 6.05. The monoisotopic (exact) mass is 271 g/mol. The van der Waals surface area contributed by atoms with Crippen LogP contribution in [-0.2, 0) is 9.53 Å². The van der Waals surface area contributed by atoms with Gasteiger partial charge in [-0.2, -0.15) is 5.26 Å². The Labute approximate surface area is 113 Å². The molecule has 0 aliphatic heterocycles. The number of rotatable bonds is 8. The highest BCUT2D eigenvalue weighted by molar-refractivity contribution is 5.82. The lowest BCUT2D eigenvalue weighted by Gasteiger charge is -2.22. The predicted molar refractivity (Wildman–Crippen MR) is 68.5 cm³/mol. The summed E-state index contributed by atoms with van der Waals surface area (Å²) in [6, 6.07) is 0.578. The number of ether oxygens (including phenoxy) is 1. The summed E-state index contributed by atoms with van der Waals surface area (Å²) in [5.74, 6) is -1.38. The molecule has 0 aromatic carbocycles. The number of hydrogen-bond acceptors (Lipinski definition) is 4. The van der Waals surface area contributed by atoms with Gasteiger partial charge in [0.1, 0.15) is 6.04 Å². The number of hydrogen-bond donors (Lipinski definition) is 2. The molecular formula is C12H21N3O4. The van der Waals surface area contributed by atoms with E-state index in [0.717, 1.165) is 0 Å². The second kappa shape index (κ2) is 9.16. The maximum atomic E-state index is 11.8. The number of amides is 2. The number of carboxylic acid groups (broad SMARTS) is 1. The lowest BCUT2D eigenvalue weighted by Crippen LogP contribution is -2.47. The van der Waals surface area contributed by atoms with E-state index in [1.807, 2.05) is 6.07 Å². The second-order valence-corrected chi connectivity index (χ2v) is 4.39. The van der Waals surface area contributed by atoms with Crippen LogP contribution in [0.5, 0.6) is 0 Å². The minimum absolute atomic E-state index is 0.257. The Kier molecular flexibility index (Phi) is 8.29. The molecule has 0 heterocycles. The average molecular weight is 271 g/mol. The third kappa shape index (κ3) is 7.26. The van der Waals surface area contributed by atoms with E-state index < -0.39 is 18.0 Å². The quantitative estimate of drug-likeness (QED) is 0.631. The number of carbonyl (C=O) groups is 2. The van der Waals surface area contributed by atoms with Crippen molar-refractivity contribution < 1.29 is 19.4 Å². The van der Waals surface area contributed by atoms with Crippen molar-refractivity contribution in [2.45, 2.75) is 25.8 Å². The molecule has 0 bridgehead atoms. The Morgan fingerprint density at radius 3 is 2.63 bits per heavy atom.